The molecule has 3 fully saturated rings. The second kappa shape index (κ2) is 6.45. The van der Waals surface area contributed by atoms with Crippen molar-refractivity contribution in [3.8, 4) is 0 Å². The van der Waals surface area contributed by atoms with Crippen molar-refractivity contribution in [2.45, 2.75) is 24.4 Å². The molecule has 1 spiro atoms. The van der Waals surface area contributed by atoms with Gasteiger partial charge in [-0.1, -0.05) is 34.8 Å². The van der Waals surface area contributed by atoms with Gasteiger partial charge >= 0.3 is 0 Å². The highest BCUT2D eigenvalue weighted by Gasteiger charge is 2.74. The Morgan fingerprint density at radius 1 is 0.935 bits per heavy atom. The van der Waals surface area contributed by atoms with Gasteiger partial charge in [0.1, 0.15) is 5.54 Å². The van der Waals surface area contributed by atoms with Crippen molar-refractivity contribution in [3.05, 3.63) is 57.0 Å². The largest absolute Gasteiger partial charge is 0.324 e. The summed E-state index contributed by atoms with van der Waals surface area (Å²) >= 11 is 18.6. The van der Waals surface area contributed by atoms with Gasteiger partial charge in [0.25, 0.3) is 0 Å². The van der Waals surface area contributed by atoms with Crippen LogP contribution in [0.15, 0.2) is 36.4 Å². The van der Waals surface area contributed by atoms with Gasteiger partial charge in [0.05, 0.1) is 17.5 Å². The van der Waals surface area contributed by atoms with E-state index < -0.39 is 23.3 Å². The van der Waals surface area contributed by atoms with Gasteiger partial charge in [-0.05, 0) is 55.8 Å². The number of nitrogens with zero attached hydrogens (tertiary/aromatic N) is 2. The van der Waals surface area contributed by atoms with Gasteiger partial charge in [0.15, 0.2) is 0 Å². The van der Waals surface area contributed by atoms with Gasteiger partial charge in [-0.2, -0.15) is 0 Å². The first kappa shape index (κ1) is 19.6. The van der Waals surface area contributed by atoms with E-state index in [0.717, 1.165) is 17.7 Å². The summed E-state index contributed by atoms with van der Waals surface area (Å²) in [5.74, 6) is -2.47. The fourth-order valence-electron chi connectivity index (χ4n) is 6.10. The maximum absolute atomic E-state index is 13.8. The van der Waals surface area contributed by atoms with E-state index in [4.69, 9.17) is 34.8 Å². The van der Waals surface area contributed by atoms with Gasteiger partial charge in [0.2, 0.25) is 17.7 Å². The van der Waals surface area contributed by atoms with Crippen molar-refractivity contribution in [2.24, 2.45) is 11.8 Å². The smallest absolute Gasteiger partial charge is 0.250 e. The zero-order chi connectivity index (χ0) is 21.7. The molecule has 4 aliphatic heterocycles. The molecule has 9 heteroatoms. The van der Waals surface area contributed by atoms with Crippen LogP contribution >= 0.6 is 34.8 Å². The van der Waals surface area contributed by atoms with E-state index in [2.05, 4.69) is 10.2 Å². The molecule has 158 valence electrons. The van der Waals surface area contributed by atoms with Crippen LogP contribution < -0.4 is 10.2 Å². The predicted octanol–water partition coefficient (Wildman–Crippen LogP) is 4.08. The third-order valence-electron chi connectivity index (χ3n) is 7.06. The van der Waals surface area contributed by atoms with Crippen molar-refractivity contribution in [1.29, 1.82) is 0 Å². The molecule has 31 heavy (non-hydrogen) atoms. The molecular formula is C22H16Cl3N3O3. The summed E-state index contributed by atoms with van der Waals surface area (Å²) in [4.78, 5) is 44.2. The molecule has 0 bridgehead atoms. The van der Waals surface area contributed by atoms with Crippen LogP contribution in [-0.4, -0.2) is 35.2 Å². The number of hydrogen-bond acceptors (Lipinski definition) is 4. The average molecular weight is 477 g/mol. The Morgan fingerprint density at radius 3 is 2.42 bits per heavy atom. The van der Waals surface area contributed by atoms with E-state index in [1.165, 1.54) is 0 Å². The molecule has 6 nitrogen and oxygen atoms in total. The Balaban J connectivity index is 1.57. The Kier molecular flexibility index (Phi) is 4.07. The Bertz CT molecular complexity index is 1180. The fourth-order valence-corrected chi connectivity index (χ4v) is 6.78. The average Bonchev–Trinajstić information content (AvgIpc) is 3.39. The summed E-state index contributed by atoms with van der Waals surface area (Å²) in [5.41, 5.74) is 0.365. The molecular weight excluding hydrogens is 461 g/mol. The van der Waals surface area contributed by atoms with Gasteiger partial charge in [-0.25, -0.2) is 4.90 Å². The van der Waals surface area contributed by atoms with Gasteiger partial charge in [-0.3, -0.25) is 19.3 Å². The SMILES string of the molecule is O=C1[C@@H]2[C@@H]3CCCN3[C@@]3(C(=O)Nc4ccc(Cl)cc43)[C@H]2C(=O)N1c1cc(Cl)cc(Cl)c1. The zero-order valence-corrected chi connectivity index (χ0v) is 18.3. The molecule has 1 N–H and O–H groups in total. The van der Waals surface area contributed by atoms with E-state index in [1.807, 2.05) is 0 Å². The summed E-state index contributed by atoms with van der Waals surface area (Å²) in [5, 5.41) is 4.06. The second-order valence-electron chi connectivity index (χ2n) is 8.46. The number of anilines is 2. The summed E-state index contributed by atoms with van der Waals surface area (Å²) in [6, 6.07) is 9.63. The number of amides is 3. The summed E-state index contributed by atoms with van der Waals surface area (Å²) in [6.07, 6.45) is 1.60. The van der Waals surface area contributed by atoms with E-state index in [9.17, 15) is 14.4 Å². The van der Waals surface area contributed by atoms with E-state index in [-0.39, 0.29) is 17.9 Å². The highest BCUT2D eigenvalue weighted by atomic mass is 35.5. The van der Waals surface area contributed by atoms with Crippen molar-refractivity contribution in [2.75, 3.05) is 16.8 Å². The van der Waals surface area contributed by atoms with Gasteiger partial charge in [-0.15, -0.1) is 0 Å². The normalized spacial score (nSPS) is 31.4. The minimum atomic E-state index is -1.25. The zero-order valence-electron chi connectivity index (χ0n) is 16.1. The van der Waals surface area contributed by atoms with Crippen LogP contribution in [0.1, 0.15) is 18.4 Å². The number of hydrogen-bond donors (Lipinski definition) is 1. The predicted molar refractivity (Wildman–Crippen MR) is 117 cm³/mol. The fraction of sp³-hybridized carbons (Fsp3) is 0.318. The van der Waals surface area contributed by atoms with E-state index >= 15 is 0 Å². The number of imide groups is 1. The molecule has 0 aliphatic carbocycles. The maximum Gasteiger partial charge on any atom is 0.250 e. The minimum absolute atomic E-state index is 0.197. The third-order valence-corrected chi connectivity index (χ3v) is 7.73. The Hall–Kier alpha value is -2.12. The Labute approximate surface area is 193 Å². The van der Waals surface area contributed by atoms with Crippen LogP contribution in [0.5, 0.6) is 0 Å². The van der Waals surface area contributed by atoms with Crippen molar-refractivity contribution in [1.82, 2.24) is 4.90 Å². The number of fused-ring (bicyclic) bond motifs is 7. The highest BCUT2D eigenvalue weighted by Crippen LogP contribution is 2.61. The molecule has 2 aromatic rings. The molecule has 0 unspecified atom stereocenters. The first-order chi connectivity index (χ1) is 14.8. The number of rotatable bonds is 1. The van der Waals surface area contributed by atoms with Gasteiger partial charge < -0.3 is 5.32 Å². The molecule has 0 radical (unpaired) electrons. The first-order valence-electron chi connectivity index (χ1n) is 10.1. The molecule has 2 aromatic carbocycles. The van der Waals surface area contributed by atoms with Gasteiger partial charge in [0, 0.05) is 32.4 Å². The third kappa shape index (κ3) is 2.36. The number of carbonyl (C=O) groups excluding carboxylic acids is 3. The lowest BCUT2D eigenvalue weighted by molar-refractivity contribution is -0.135. The Morgan fingerprint density at radius 2 is 1.68 bits per heavy atom. The number of nitrogens with one attached hydrogen (secondary N) is 1. The number of benzene rings is 2. The monoisotopic (exact) mass is 475 g/mol. The minimum Gasteiger partial charge on any atom is -0.324 e. The molecule has 4 atom stereocenters. The topological polar surface area (TPSA) is 69.7 Å². The lowest BCUT2D eigenvalue weighted by Crippen LogP contribution is -2.54. The molecule has 4 aliphatic rings. The lowest BCUT2D eigenvalue weighted by atomic mass is 9.75. The van der Waals surface area contributed by atoms with E-state index in [1.54, 1.807) is 36.4 Å². The van der Waals surface area contributed by atoms with Crippen LogP contribution in [0.4, 0.5) is 11.4 Å². The first-order valence-corrected chi connectivity index (χ1v) is 11.2. The number of carbonyl (C=O) groups is 3. The van der Waals surface area contributed by atoms with Crippen LogP contribution in [0, 0.1) is 11.8 Å². The molecule has 4 heterocycles. The van der Waals surface area contributed by atoms with Crippen molar-refractivity contribution < 1.29 is 14.4 Å². The van der Waals surface area contributed by atoms with E-state index in [0.29, 0.717) is 38.6 Å². The van der Waals surface area contributed by atoms with Crippen molar-refractivity contribution in [3.63, 3.8) is 0 Å². The van der Waals surface area contributed by atoms with Crippen LogP contribution in [-0.2, 0) is 19.9 Å². The van der Waals surface area contributed by atoms with Crippen molar-refractivity contribution >= 4 is 63.9 Å². The molecule has 0 aromatic heterocycles. The number of halogens is 3. The standard InChI is InChI=1S/C22H16Cl3N3O3/c23-10-3-4-15-14(9-10)22(21(31)26-15)18-17(16-2-1-5-27(16)22)19(29)28(20(18)30)13-7-11(24)6-12(25)8-13/h3-4,6-9,16-18H,1-2,5H2,(H,26,31)/t16-,17+,18+,22+/m0/s1. The summed E-state index contributed by atoms with van der Waals surface area (Å²) < 4.78 is 0. The summed E-state index contributed by atoms with van der Waals surface area (Å²) in [7, 11) is 0. The lowest BCUT2D eigenvalue weighted by Gasteiger charge is -2.36. The van der Waals surface area contributed by atoms with Crippen LogP contribution in [0.2, 0.25) is 15.1 Å². The molecule has 3 amide bonds. The van der Waals surface area contributed by atoms with Crippen LogP contribution in [0.25, 0.3) is 0 Å². The molecule has 3 saturated heterocycles. The van der Waals surface area contributed by atoms with Crippen LogP contribution in [0.3, 0.4) is 0 Å². The second-order valence-corrected chi connectivity index (χ2v) is 9.77. The quantitative estimate of drug-likeness (QED) is 0.630. The molecule has 6 rings (SSSR count). The summed E-state index contributed by atoms with van der Waals surface area (Å²) in [6.45, 7) is 0.639. The highest BCUT2D eigenvalue weighted by molar-refractivity contribution is 6.36. The molecule has 0 saturated carbocycles. The maximum atomic E-state index is 13.8.